The fourth-order valence-electron chi connectivity index (χ4n) is 4.89. The number of carbonyl (C=O) groups is 2. The van der Waals surface area contributed by atoms with Gasteiger partial charge >= 0.3 is 11.9 Å². The van der Waals surface area contributed by atoms with Crippen LogP contribution in [-0.4, -0.2) is 35.3 Å². The lowest BCUT2D eigenvalue weighted by Crippen LogP contribution is -2.40. The number of rotatable bonds is 9. The van der Waals surface area contributed by atoms with E-state index in [1.807, 2.05) is 19.1 Å². The number of thiazole rings is 1. The molecule has 0 fully saturated rings. The Hall–Kier alpha value is -3.93. The highest BCUT2D eigenvalue weighted by molar-refractivity contribution is 9.10. The maximum atomic E-state index is 14.0. The molecule has 4 aromatic rings. The highest BCUT2D eigenvalue weighted by Gasteiger charge is 2.36. The molecule has 0 amide bonds. The third-order valence-corrected chi connectivity index (χ3v) is 8.57. The number of fused-ring (bicyclic) bond motifs is 1. The molecule has 1 aliphatic heterocycles. The Balaban J connectivity index is 1.69. The monoisotopic (exact) mass is 684 g/mol. The molecule has 0 bridgehead atoms. The summed E-state index contributed by atoms with van der Waals surface area (Å²) in [7, 11) is 1.53. The van der Waals surface area contributed by atoms with E-state index in [0.717, 1.165) is 10.9 Å². The zero-order valence-electron chi connectivity index (χ0n) is 23.4. The number of furan rings is 1. The van der Waals surface area contributed by atoms with Gasteiger partial charge in [-0.05, 0) is 61.9 Å². The number of aromatic nitrogens is 1. The number of esters is 1. The predicted octanol–water partition coefficient (Wildman–Crippen LogP) is 5.96. The number of carbonyl (C=O) groups excluding carboxylic acids is 1. The zero-order chi connectivity index (χ0) is 30.8. The molecule has 12 heteroatoms. The van der Waals surface area contributed by atoms with E-state index in [1.54, 1.807) is 37.3 Å². The number of methoxy groups -OCH3 is 1. The first kappa shape index (κ1) is 30.5. The summed E-state index contributed by atoms with van der Waals surface area (Å²) < 4.78 is 19.7. The summed E-state index contributed by atoms with van der Waals surface area (Å²) in [6.45, 7) is 3.88. The minimum absolute atomic E-state index is 0.0475. The van der Waals surface area contributed by atoms with Gasteiger partial charge in [0, 0.05) is 21.7 Å². The Kier molecular flexibility index (Phi) is 9.05. The van der Waals surface area contributed by atoms with Gasteiger partial charge in [-0.2, -0.15) is 0 Å². The molecule has 1 atom stereocenters. The van der Waals surface area contributed by atoms with Crippen LogP contribution in [-0.2, 0) is 9.53 Å². The highest BCUT2D eigenvalue weighted by atomic mass is 79.9. The van der Waals surface area contributed by atoms with Gasteiger partial charge in [0.25, 0.3) is 5.56 Å². The van der Waals surface area contributed by atoms with Crippen molar-refractivity contribution in [2.75, 3.05) is 13.7 Å². The van der Waals surface area contributed by atoms with Crippen molar-refractivity contribution < 1.29 is 28.6 Å². The number of benzene rings is 2. The summed E-state index contributed by atoms with van der Waals surface area (Å²) in [6, 6.07) is 12.5. The number of carboxylic acid groups (broad SMARTS) is 1. The van der Waals surface area contributed by atoms with Gasteiger partial charge in [-0.15, -0.1) is 0 Å². The second-order valence-electron chi connectivity index (χ2n) is 9.50. The molecule has 0 spiro atoms. The van der Waals surface area contributed by atoms with E-state index in [-0.39, 0.29) is 28.3 Å². The number of aromatic carboxylic acids is 1. The van der Waals surface area contributed by atoms with Crippen LogP contribution in [0.2, 0.25) is 5.02 Å². The van der Waals surface area contributed by atoms with Gasteiger partial charge in [0.05, 0.1) is 40.1 Å². The van der Waals surface area contributed by atoms with Gasteiger partial charge < -0.3 is 19.0 Å². The predicted molar refractivity (Wildman–Crippen MR) is 166 cm³/mol. The Labute approximate surface area is 263 Å². The number of hydrogen-bond donors (Lipinski definition) is 1. The molecule has 2 aromatic heterocycles. The topological polar surface area (TPSA) is 120 Å². The van der Waals surface area contributed by atoms with Crippen LogP contribution in [0.25, 0.3) is 17.4 Å². The molecule has 0 saturated heterocycles. The summed E-state index contributed by atoms with van der Waals surface area (Å²) >= 11 is 10.7. The number of hydrogen-bond acceptors (Lipinski definition) is 8. The lowest BCUT2D eigenvalue weighted by atomic mass is 9.93. The van der Waals surface area contributed by atoms with Crippen molar-refractivity contribution in [2.24, 2.45) is 4.99 Å². The van der Waals surface area contributed by atoms with Crippen molar-refractivity contribution in [3.63, 3.8) is 0 Å². The molecule has 1 aliphatic rings. The second kappa shape index (κ2) is 12.7. The molecule has 3 heterocycles. The fraction of sp³-hybridized carbons (Fsp3) is 0.226. The summed E-state index contributed by atoms with van der Waals surface area (Å²) in [5, 5.41) is 9.54. The molecule has 0 unspecified atom stereocenters. The van der Waals surface area contributed by atoms with E-state index in [1.165, 1.54) is 35.1 Å². The molecule has 222 valence electrons. The minimum atomic E-state index is -1.15. The van der Waals surface area contributed by atoms with Gasteiger partial charge in [-0.1, -0.05) is 52.2 Å². The molecule has 43 heavy (non-hydrogen) atoms. The summed E-state index contributed by atoms with van der Waals surface area (Å²) in [4.78, 5) is 44.2. The van der Waals surface area contributed by atoms with Crippen LogP contribution in [0, 0.1) is 0 Å². The molecular formula is C31H26BrClN2O7S. The third kappa shape index (κ3) is 5.97. The van der Waals surface area contributed by atoms with Gasteiger partial charge in [-0.3, -0.25) is 9.36 Å². The standard InChI is InChI=1S/C31H26BrClN2O7S/c1-4-6-22-26(30(39)41-5-2)27(20-14-17(32)8-11-24(20)40-3)35-28(36)25(43-31(35)34-22)15-18-9-12-23(42-18)16-7-10-21(33)19(13-16)29(37)38/h7-15,27H,4-6H2,1-3H3,(H,37,38)/b25-15+/t27-/m1/s1. The molecule has 0 radical (unpaired) electrons. The first-order chi connectivity index (χ1) is 20.7. The van der Waals surface area contributed by atoms with E-state index in [4.69, 9.17) is 30.5 Å². The quantitative estimate of drug-likeness (QED) is 0.216. The number of nitrogens with zero attached hydrogens (tertiary/aromatic N) is 2. The third-order valence-electron chi connectivity index (χ3n) is 6.76. The summed E-state index contributed by atoms with van der Waals surface area (Å²) in [6.07, 6.45) is 2.83. The van der Waals surface area contributed by atoms with Crippen molar-refractivity contribution in [1.82, 2.24) is 4.57 Å². The number of halogens is 2. The Morgan fingerprint density at radius 1 is 1.19 bits per heavy atom. The molecule has 0 saturated carbocycles. The normalized spacial score (nSPS) is 14.8. The minimum Gasteiger partial charge on any atom is -0.496 e. The molecular weight excluding hydrogens is 660 g/mol. The van der Waals surface area contributed by atoms with E-state index in [9.17, 15) is 19.5 Å². The highest BCUT2D eigenvalue weighted by Crippen LogP contribution is 2.38. The number of ether oxygens (including phenoxy) is 2. The van der Waals surface area contributed by atoms with Crippen molar-refractivity contribution >= 4 is 56.9 Å². The summed E-state index contributed by atoms with van der Waals surface area (Å²) in [5.74, 6) is -0.412. The van der Waals surface area contributed by atoms with Gasteiger partial charge in [-0.25, -0.2) is 14.6 Å². The Bertz CT molecular complexity index is 1960. The molecule has 0 aliphatic carbocycles. The number of allylic oxidation sites excluding steroid dienone is 1. The van der Waals surface area contributed by atoms with Gasteiger partial charge in [0.1, 0.15) is 23.3 Å². The Morgan fingerprint density at radius 2 is 1.98 bits per heavy atom. The largest absolute Gasteiger partial charge is 0.496 e. The van der Waals surface area contributed by atoms with Crippen LogP contribution < -0.4 is 19.6 Å². The van der Waals surface area contributed by atoms with E-state index in [0.29, 0.717) is 49.8 Å². The molecule has 1 N–H and O–H groups in total. The van der Waals surface area contributed by atoms with Crippen LogP contribution >= 0.6 is 38.9 Å². The van der Waals surface area contributed by atoms with Crippen LogP contribution in [0.5, 0.6) is 5.75 Å². The first-order valence-corrected chi connectivity index (χ1v) is 15.3. The maximum absolute atomic E-state index is 14.0. The first-order valence-electron chi connectivity index (χ1n) is 13.3. The van der Waals surface area contributed by atoms with E-state index >= 15 is 0 Å². The van der Waals surface area contributed by atoms with Crippen molar-refractivity contribution in [1.29, 1.82) is 0 Å². The average Bonchev–Trinajstić information content (AvgIpc) is 3.57. The van der Waals surface area contributed by atoms with Crippen LogP contribution in [0.15, 0.2) is 78.5 Å². The van der Waals surface area contributed by atoms with Crippen molar-refractivity contribution in [3.8, 4) is 17.1 Å². The number of carboxylic acids is 1. The lowest BCUT2D eigenvalue weighted by molar-refractivity contribution is -0.139. The fourth-order valence-corrected chi connectivity index (χ4v) is 6.47. The van der Waals surface area contributed by atoms with Crippen molar-refractivity contribution in [3.05, 3.63) is 106 Å². The van der Waals surface area contributed by atoms with Crippen LogP contribution in [0.3, 0.4) is 0 Å². The SMILES string of the molecule is CCCC1=C(C(=O)OCC)[C@@H](c2cc(Br)ccc2OC)n2c(s/c(=C/c3ccc(-c4ccc(Cl)c(C(=O)O)c4)o3)c2=O)=N1. The molecule has 9 nitrogen and oxygen atoms in total. The van der Waals surface area contributed by atoms with E-state index in [2.05, 4.69) is 15.9 Å². The van der Waals surface area contributed by atoms with Crippen molar-refractivity contribution in [2.45, 2.75) is 32.7 Å². The Morgan fingerprint density at radius 3 is 2.67 bits per heavy atom. The second-order valence-corrected chi connectivity index (χ2v) is 11.8. The van der Waals surface area contributed by atoms with Crippen LogP contribution in [0.4, 0.5) is 0 Å². The zero-order valence-corrected chi connectivity index (χ0v) is 26.5. The van der Waals surface area contributed by atoms with Crippen LogP contribution in [0.1, 0.15) is 54.4 Å². The summed E-state index contributed by atoms with van der Waals surface area (Å²) in [5.41, 5.74) is 1.55. The smallest absolute Gasteiger partial charge is 0.338 e. The van der Waals surface area contributed by atoms with Gasteiger partial charge in [0.15, 0.2) is 4.80 Å². The molecule has 5 rings (SSSR count). The van der Waals surface area contributed by atoms with E-state index < -0.39 is 18.0 Å². The maximum Gasteiger partial charge on any atom is 0.338 e. The lowest BCUT2D eigenvalue weighted by Gasteiger charge is -2.27. The molecule has 2 aromatic carbocycles. The van der Waals surface area contributed by atoms with Gasteiger partial charge in [0.2, 0.25) is 0 Å². The average molecular weight is 686 g/mol.